The van der Waals surface area contributed by atoms with Gasteiger partial charge in [0.15, 0.2) is 5.82 Å². The van der Waals surface area contributed by atoms with Gasteiger partial charge < -0.3 is 4.57 Å². The highest BCUT2D eigenvalue weighted by Crippen LogP contribution is 2.33. The Hall–Kier alpha value is -3.26. The lowest BCUT2D eigenvalue weighted by Crippen LogP contribution is -2.11. The maximum absolute atomic E-state index is 4.91. The average Bonchev–Trinajstić information content (AvgIpc) is 3.43. The second-order valence-corrected chi connectivity index (χ2v) is 8.75. The number of hydrogen-bond donors (Lipinski definition) is 0. The van der Waals surface area contributed by atoms with Crippen molar-refractivity contribution in [3.05, 3.63) is 76.7 Å². The molecule has 0 radical (unpaired) electrons. The molecule has 0 fully saturated rings. The number of aryl methyl sites for hydroxylation is 2. The zero-order valence-electron chi connectivity index (χ0n) is 16.8. The summed E-state index contributed by atoms with van der Waals surface area (Å²) in [6, 6.07) is 18.4. The molecule has 5 aromatic rings. The third-order valence-electron chi connectivity index (χ3n) is 5.84. The van der Waals surface area contributed by atoms with E-state index >= 15 is 0 Å². The van der Waals surface area contributed by atoms with Crippen molar-refractivity contribution in [2.45, 2.75) is 32.4 Å². The number of nitrogens with zero attached hydrogens (tertiary/aromatic N) is 7. The lowest BCUT2D eigenvalue weighted by molar-refractivity contribution is 0.522. The minimum atomic E-state index is 0.495. The van der Waals surface area contributed by atoms with Crippen LogP contribution in [-0.2, 0) is 19.5 Å². The van der Waals surface area contributed by atoms with Crippen molar-refractivity contribution in [2.24, 2.45) is 0 Å². The van der Waals surface area contributed by atoms with Crippen LogP contribution in [0.4, 0.5) is 0 Å². The third kappa shape index (κ3) is 3.27. The molecule has 1 aliphatic rings. The maximum atomic E-state index is 4.91. The van der Waals surface area contributed by atoms with Gasteiger partial charge in [-0.3, -0.25) is 0 Å². The predicted octanol–water partition coefficient (Wildman–Crippen LogP) is 4.60. The molecule has 0 amide bonds. The molecule has 7 nitrogen and oxygen atoms in total. The Bertz CT molecular complexity index is 1360. The zero-order valence-corrected chi connectivity index (χ0v) is 18.4. The molecule has 31 heavy (non-hydrogen) atoms. The summed E-state index contributed by atoms with van der Waals surface area (Å²) in [5, 5.41) is 18.0. The van der Waals surface area contributed by atoms with Crippen molar-refractivity contribution in [3.63, 3.8) is 0 Å². The summed E-state index contributed by atoms with van der Waals surface area (Å²) in [6.45, 7) is 1.45. The first-order chi connectivity index (χ1) is 15.3. The SMILES string of the molecule is Brc1ccc(-c2cn3nc(Cn4nnc(-c5ccccc5)n4)n4c3c2CCCC4)cc1. The number of rotatable bonds is 4. The lowest BCUT2D eigenvalue weighted by atomic mass is 10.0. The quantitative estimate of drug-likeness (QED) is 0.382. The molecular formula is C23H20BrN7. The van der Waals surface area contributed by atoms with Crippen LogP contribution in [0.25, 0.3) is 28.2 Å². The van der Waals surface area contributed by atoms with Gasteiger partial charge in [0.1, 0.15) is 12.2 Å². The van der Waals surface area contributed by atoms with Crippen LogP contribution in [0.5, 0.6) is 0 Å². The van der Waals surface area contributed by atoms with E-state index in [1.807, 2.05) is 34.8 Å². The van der Waals surface area contributed by atoms with Gasteiger partial charge >= 0.3 is 0 Å². The highest BCUT2D eigenvalue weighted by Gasteiger charge is 2.23. The molecule has 0 bridgehead atoms. The minimum absolute atomic E-state index is 0.495. The molecule has 4 heterocycles. The minimum Gasteiger partial charge on any atom is -0.311 e. The molecular weight excluding hydrogens is 454 g/mol. The number of hydrogen-bond acceptors (Lipinski definition) is 4. The summed E-state index contributed by atoms with van der Waals surface area (Å²) < 4.78 is 5.45. The van der Waals surface area contributed by atoms with Crippen molar-refractivity contribution in [1.29, 1.82) is 0 Å². The Morgan fingerprint density at radius 1 is 0.903 bits per heavy atom. The predicted molar refractivity (Wildman–Crippen MR) is 122 cm³/mol. The highest BCUT2D eigenvalue weighted by atomic mass is 79.9. The van der Waals surface area contributed by atoms with E-state index in [0.717, 1.165) is 35.2 Å². The van der Waals surface area contributed by atoms with Crippen LogP contribution in [0.15, 0.2) is 65.3 Å². The van der Waals surface area contributed by atoms with Crippen molar-refractivity contribution in [3.8, 4) is 22.5 Å². The van der Waals surface area contributed by atoms with E-state index in [1.165, 1.54) is 28.8 Å². The molecule has 154 valence electrons. The van der Waals surface area contributed by atoms with E-state index in [2.05, 4.69) is 66.4 Å². The Kier molecular flexibility index (Phi) is 4.45. The van der Waals surface area contributed by atoms with E-state index in [9.17, 15) is 0 Å². The topological polar surface area (TPSA) is 65.8 Å². The fourth-order valence-electron chi connectivity index (χ4n) is 4.37. The van der Waals surface area contributed by atoms with Gasteiger partial charge in [0.05, 0.1) is 0 Å². The van der Waals surface area contributed by atoms with Crippen molar-refractivity contribution < 1.29 is 0 Å². The summed E-state index contributed by atoms with van der Waals surface area (Å²) in [7, 11) is 0. The fraction of sp³-hybridized carbons (Fsp3) is 0.217. The third-order valence-corrected chi connectivity index (χ3v) is 6.36. The molecule has 2 aromatic carbocycles. The van der Waals surface area contributed by atoms with E-state index in [1.54, 1.807) is 4.80 Å². The second-order valence-electron chi connectivity index (χ2n) is 7.83. The summed E-state index contributed by atoms with van der Waals surface area (Å²) in [5.74, 6) is 1.59. The first kappa shape index (κ1) is 18.5. The van der Waals surface area contributed by atoms with E-state index < -0.39 is 0 Å². The van der Waals surface area contributed by atoms with Gasteiger partial charge in [-0.25, -0.2) is 4.52 Å². The van der Waals surface area contributed by atoms with E-state index in [0.29, 0.717) is 12.4 Å². The van der Waals surface area contributed by atoms with Crippen LogP contribution in [-0.4, -0.2) is 34.4 Å². The van der Waals surface area contributed by atoms with Crippen molar-refractivity contribution >= 4 is 21.6 Å². The van der Waals surface area contributed by atoms with Crippen LogP contribution in [0.1, 0.15) is 24.2 Å². The smallest absolute Gasteiger partial charge is 0.204 e. The van der Waals surface area contributed by atoms with Gasteiger partial charge in [0.25, 0.3) is 0 Å². The normalized spacial score (nSPS) is 13.6. The first-order valence-corrected chi connectivity index (χ1v) is 11.2. The van der Waals surface area contributed by atoms with Gasteiger partial charge in [-0.2, -0.15) is 9.90 Å². The molecule has 0 saturated carbocycles. The van der Waals surface area contributed by atoms with Crippen LogP contribution in [0, 0.1) is 0 Å². The average molecular weight is 474 g/mol. The van der Waals surface area contributed by atoms with E-state index in [-0.39, 0.29) is 0 Å². The summed E-state index contributed by atoms with van der Waals surface area (Å²) in [5.41, 5.74) is 6.01. The Morgan fingerprint density at radius 2 is 1.74 bits per heavy atom. The zero-order chi connectivity index (χ0) is 20.8. The number of tetrazole rings is 1. The molecule has 0 unspecified atom stereocenters. The van der Waals surface area contributed by atoms with Crippen LogP contribution in [0.3, 0.4) is 0 Å². The Morgan fingerprint density at radius 3 is 2.58 bits per heavy atom. The second kappa shape index (κ2) is 7.46. The molecule has 3 aromatic heterocycles. The standard InChI is InChI=1S/C23H20BrN7/c24-18-11-9-16(10-12-18)20-14-30-23-19(20)8-4-5-13-29(23)21(26-30)15-31-27-22(25-28-31)17-6-2-1-3-7-17/h1-3,6-7,9-12,14H,4-5,8,13,15H2. The van der Waals surface area contributed by atoms with Crippen molar-refractivity contribution in [1.82, 2.24) is 34.4 Å². The fourth-order valence-corrected chi connectivity index (χ4v) is 4.64. The molecule has 0 aliphatic carbocycles. The number of aromatic nitrogens is 7. The largest absolute Gasteiger partial charge is 0.311 e. The molecule has 1 aliphatic heterocycles. The van der Waals surface area contributed by atoms with Crippen LogP contribution in [0.2, 0.25) is 0 Å². The first-order valence-electron chi connectivity index (χ1n) is 10.4. The Balaban J connectivity index is 1.38. The van der Waals surface area contributed by atoms with Gasteiger partial charge in [0.2, 0.25) is 5.82 Å². The molecule has 8 heteroatoms. The number of benzene rings is 2. The maximum Gasteiger partial charge on any atom is 0.204 e. The van der Waals surface area contributed by atoms with Gasteiger partial charge in [-0.15, -0.1) is 10.2 Å². The van der Waals surface area contributed by atoms with Crippen molar-refractivity contribution in [2.75, 3.05) is 0 Å². The van der Waals surface area contributed by atoms with E-state index in [4.69, 9.17) is 5.10 Å². The van der Waals surface area contributed by atoms with Gasteiger partial charge in [-0.05, 0) is 42.2 Å². The molecule has 0 atom stereocenters. The molecule has 0 spiro atoms. The summed E-state index contributed by atoms with van der Waals surface area (Å²) in [4.78, 5) is 1.63. The van der Waals surface area contributed by atoms with Crippen LogP contribution < -0.4 is 0 Å². The van der Waals surface area contributed by atoms with Gasteiger partial charge in [0, 0.05) is 33.9 Å². The monoisotopic (exact) mass is 473 g/mol. The van der Waals surface area contributed by atoms with Crippen LogP contribution >= 0.6 is 15.9 Å². The molecule has 0 N–H and O–H groups in total. The highest BCUT2D eigenvalue weighted by molar-refractivity contribution is 9.10. The van der Waals surface area contributed by atoms with Gasteiger partial charge in [-0.1, -0.05) is 58.4 Å². The summed E-state index contributed by atoms with van der Waals surface area (Å²) >= 11 is 3.53. The lowest BCUT2D eigenvalue weighted by Gasteiger charge is -2.06. The summed E-state index contributed by atoms with van der Waals surface area (Å²) in [6.07, 6.45) is 5.52. The Labute approximate surface area is 187 Å². The number of halogens is 1. The molecule has 0 saturated heterocycles. The molecule has 6 rings (SSSR count).